The molecule has 1 spiro atoms. The van der Waals surface area contributed by atoms with Crippen molar-refractivity contribution in [2.24, 2.45) is 0 Å². The zero-order valence-corrected chi connectivity index (χ0v) is 33.3. The first-order chi connectivity index (χ1) is 31.3. The van der Waals surface area contributed by atoms with Gasteiger partial charge in [0.2, 0.25) is 5.69 Å². The van der Waals surface area contributed by atoms with Crippen LogP contribution in [-0.2, 0) is 5.85 Å². The number of ether oxygens (including phenoxy) is 1. The number of hydrogen-bond donors (Lipinski definition) is 0. The predicted molar refractivity (Wildman–Crippen MR) is 244 cm³/mol. The summed E-state index contributed by atoms with van der Waals surface area (Å²) in [6.07, 6.45) is 2.16. The van der Waals surface area contributed by atoms with Crippen LogP contribution in [0.4, 0.5) is 0 Å². The first kappa shape index (κ1) is 31.1. The minimum atomic E-state index is -2.18. The van der Waals surface area contributed by atoms with Crippen LogP contribution in [0.2, 0.25) is 0 Å². The highest BCUT2D eigenvalue weighted by Gasteiger charge is 2.68. The molecule has 2 aromatic heterocycles. The van der Waals surface area contributed by atoms with E-state index in [1.165, 1.54) is 16.7 Å². The summed E-state index contributed by atoms with van der Waals surface area (Å²) in [7, 11) is 0. The number of imidazole rings is 1. The minimum absolute atomic E-state index is 0.323. The van der Waals surface area contributed by atoms with Crippen molar-refractivity contribution in [2.75, 3.05) is 0 Å². The number of aromatic nitrogens is 3. The standard InChI is InChI=1S/C57H39N3O/c1-36-25-27-39(28-26-36)42-29-30-58-51(34-42)49-33-43(38-15-6-3-7-16-38)32-48-44-22-14-23-50-55(44)60-56(45-21-12-13-24-53(45)61-57(58,60)54(48)49)59(50)52-35-46(40-17-8-4-9-18-40)37(2)31-47(52)41-19-10-5-11-20-41/h3-35H,1-2H3/q+2/i1D3. The molecule has 13 rings (SSSR count). The first-order valence-corrected chi connectivity index (χ1v) is 20.8. The lowest BCUT2D eigenvalue weighted by molar-refractivity contribution is -0.997. The Bertz CT molecular complexity index is 3560. The molecular formula is C57H39N3O+2. The van der Waals surface area contributed by atoms with E-state index in [2.05, 4.69) is 197 Å². The predicted octanol–water partition coefficient (Wildman–Crippen LogP) is 12.7. The van der Waals surface area contributed by atoms with Gasteiger partial charge in [-0.3, -0.25) is 0 Å². The van der Waals surface area contributed by atoms with Crippen LogP contribution >= 0.6 is 0 Å². The Balaban J connectivity index is 1.17. The molecule has 0 saturated carbocycles. The fourth-order valence-electron chi connectivity index (χ4n) is 10.3. The fraction of sp³-hybridized carbons (Fsp3) is 0.0526. The van der Waals surface area contributed by atoms with Gasteiger partial charge in [0.1, 0.15) is 22.6 Å². The molecule has 5 heterocycles. The van der Waals surface area contributed by atoms with Gasteiger partial charge < -0.3 is 4.74 Å². The van der Waals surface area contributed by atoms with Crippen LogP contribution in [0.15, 0.2) is 200 Å². The summed E-state index contributed by atoms with van der Waals surface area (Å²) < 4.78 is 38.9. The molecule has 0 amide bonds. The van der Waals surface area contributed by atoms with Crippen molar-refractivity contribution >= 4 is 11.0 Å². The summed E-state index contributed by atoms with van der Waals surface area (Å²) in [5.41, 5.74) is 20.0. The van der Waals surface area contributed by atoms with Gasteiger partial charge in [0, 0.05) is 32.9 Å². The van der Waals surface area contributed by atoms with Gasteiger partial charge in [0.15, 0.2) is 17.2 Å². The number of rotatable bonds is 5. The molecule has 286 valence electrons. The van der Waals surface area contributed by atoms with Gasteiger partial charge in [-0.1, -0.05) is 139 Å². The highest BCUT2D eigenvalue weighted by Crippen LogP contribution is 2.54. The minimum Gasteiger partial charge on any atom is -0.392 e. The zero-order valence-electron chi connectivity index (χ0n) is 36.3. The maximum atomic E-state index is 7.99. The van der Waals surface area contributed by atoms with Gasteiger partial charge >= 0.3 is 11.7 Å². The number of pyridine rings is 1. The van der Waals surface area contributed by atoms with Gasteiger partial charge in [-0.15, -0.1) is 9.13 Å². The third-order valence-electron chi connectivity index (χ3n) is 13.0. The van der Waals surface area contributed by atoms with Crippen LogP contribution in [0.1, 0.15) is 20.8 Å². The smallest absolute Gasteiger partial charge is 0.392 e. The van der Waals surface area contributed by atoms with Gasteiger partial charge in [-0.25, -0.2) is 0 Å². The Morgan fingerprint density at radius 2 is 1.16 bits per heavy atom. The van der Waals surface area contributed by atoms with Crippen molar-refractivity contribution < 1.29 is 18.0 Å². The molecule has 3 aliphatic rings. The average Bonchev–Trinajstić information content (AvgIpc) is 3.83. The molecule has 0 fully saturated rings. The monoisotopic (exact) mass is 784 g/mol. The third kappa shape index (κ3) is 4.70. The highest BCUT2D eigenvalue weighted by molar-refractivity contribution is 6.00. The molecule has 0 aliphatic carbocycles. The third-order valence-corrected chi connectivity index (χ3v) is 13.0. The second kappa shape index (κ2) is 12.6. The summed E-state index contributed by atoms with van der Waals surface area (Å²) in [4.78, 5) is 0. The molecular weight excluding hydrogens is 743 g/mol. The lowest BCUT2D eigenvalue weighted by Crippen LogP contribution is -2.78. The fourth-order valence-corrected chi connectivity index (χ4v) is 10.3. The van der Waals surface area contributed by atoms with Gasteiger partial charge in [-0.05, 0) is 107 Å². The van der Waals surface area contributed by atoms with Crippen LogP contribution in [-0.4, -0.2) is 4.57 Å². The Morgan fingerprint density at radius 3 is 1.92 bits per heavy atom. The molecule has 1 unspecified atom stereocenters. The van der Waals surface area contributed by atoms with E-state index < -0.39 is 12.7 Å². The highest BCUT2D eigenvalue weighted by atomic mass is 16.5. The van der Waals surface area contributed by atoms with Crippen molar-refractivity contribution in [1.82, 2.24) is 4.57 Å². The summed E-state index contributed by atoms with van der Waals surface area (Å²) >= 11 is 0. The lowest BCUT2D eigenvalue weighted by atomic mass is 9.85. The van der Waals surface area contributed by atoms with Crippen molar-refractivity contribution in [3.63, 3.8) is 0 Å². The Hall–Kier alpha value is -7.82. The van der Waals surface area contributed by atoms with E-state index in [0.717, 1.165) is 95.2 Å². The maximum Gasteiger partial charge on any atom is 0.499 e. The number of hydrogen-bond acceptors (Lipinski definition) is 1. The molecule has 4 nitrogen and oxygen atoms in total. The molecule has 3 aliphatic heterocycles. The van der Waals surface area contributed by atoms with Crippen molar-refractivity contribution in [1.29, 1.82) is 0 Å². The normalized spacial score (nSPS) is 15.9. The largest absolute Gasteiger partial charge is 0.499 e. The van der Waals surface area contributed by atoms with Crippen LogP contribution in [0.3, 0.4) is 0 Å². The van der Waals surface area contributed by atoms with E-state index in [4.69, 9.17) is 8.85 Å². The molecule has 10 aromatic rings. The van der Waals surface area contributed by atoms with E-state index in [1.54, 1.807) is 12.1 Å². The first-order valence-electron chi connectivity index (χ1n) is 22.3. The number of fused-ring (bicyclic) bond motifs is 5. The summed E-state index contributed by atoms with van der Waals surface area (Å²) in [6.45, 7) is 0.0343. The summed E-state index contributed by atoms with van der Waals surface area (Å²) in [5.74, 6) is 0.679. The van der Waals surface area contributed by atoms with Gasteiger partial charge in [0.25, 0.3) is 0 Å². The van der Waals surface area contributed by atoms with E-state index in [-0.39, 0.29) is 0 Å². The lowest BCUT2D eigenvalue weighted by Gasteiger charge is -2.32. The van der Waals surface area contributed by atoms with Gasteiger partial charge in [0.05, 0.1) is 5.56 Å². The second-order valence-corrected chi connectivity index (χ2v) is 16.4. The van der Waals surface area contributed by atoms with Crippen LogP contribution in [0.25, 0.3) is 95.0 Å². The molecule has 0 saturated heterocycles. The van der Waals surface area contributed by atoms with E-state index in [1.807, 2.05) is 12.1 Å². The van der Waals surface area contributed by atoms with Crippen molar-refractivity contribution in [3.8, 4) is 89.7 Å². The van der Waals surface area contributed by atoms with E-state index in [9.17, 15) is 0 Å². The van der Waals surface area contributed by atoms with E-state index in [0.29, 0.717) is 5.56 Å². The van der Waals surface area contributed by atoms with E-state index >= 15 is 0 Å². The molecule has 0 N–H and O–H groups in total. The summed E-state index contributed by atoms with van der Waals surface area (Å²) in [6, 6.07) is 68.2. The van der Waals surface area contributed by atoms with Crippen LogP contribution in [0.5, 0.6) is 5.75 Å². The maximum absolute atomic E-state index is 7.99. The Kier molecular flexibility index (Phi) is 6.43. The molecule has 8 aromatic carbocycles. The number of benzene rings is 8. The van der Waals surface area contributed by atoms with Crippen molar-refractivity contribution in [3.05, 3.63) is 217 Å². The molecule has 0 radical (unpaired) electrons. The molecule has 61 heavy (non-hydrogen) atoms. The number of aryl methyl sites for hydroxylation is 2. The Labute approximate surface area is 358 Å². The molecule has 1 atom stereocenters. The topological polar surface area (TPSA) is 21.9 Å². The Morgan fingerprint density at radius 1 is 0.508 bits per heavy atom. The van der Waals surface area contributed by atoms with Gasteiger partial charge in [-0.2, -0.15) is 4.57 Å². The van der Waals surface area contributed by atoms with Crippen LogP contribution in [0, 0.1) is 13.8 Å². The quantitative estimate of drug-likeness (QED) is 0.159. The van der Waals surface area contributed by atoms with Crippen molar-refractivity contribution in [2.45, 2.75) is 19.6 Å². The zero-order chi connectivity index (χ0) is 42.9. The average molecular weight is 785 g/mol. The SMILES string of the molecule is [2H]C([2H])([2H])c1ccc(-c2cc[n+]3c(c2)-c2cc(-c4ccccc4)cc4c2C32Oc3ccccc3-c3n(-c5cc(-c6ccccc6)c(C)cc5-c5ccccc5)c5cccc-4c5[n+]32)cc1. The number of para-hydroxylation sites is 2. The second-order valence-electron chi connectivity index (χ2n) is 16.4. The molecule has 0 bridgehead atoms. The van der Waals surface area contributed by atoms with Crippen LogP contribution < -0.4 is 13.9 Å². The molecule has 4 heteroatoms. The summed E-state index contributed by atoms with van der Waals surface area (Å²) in [5, 5.41) is 0. The number of nitrogens with zero attached hydrogens (tertiary/aromatic N) is 3.